The summed E-state index contributed by atoms with van der Waals surface area (Å²) in [5.41, 5.74) is 1.78. The molecule has 1 heterocycles. The number of halogens is 1. The van der Waals surface area contributed by atoms with Crippen molar-refractivity contribution in [2.45, 2.75) is 6.92 Å². The third-order valence-electron chi connectivity index (χ3n) is 2.39. The molecule has 1 aromatic heterocycles. The predicted molar refractivity (Wildman–Crippen MR) is 72.7 cm³/mol. The lowest BCUT2D eigenvalue weighted by Gasteiger charge is -2.08. The Bertz CT molecular complexity index is 582. The molecule has 0 radical (unpaired) electrons. The van der Waals surface area contributed by atoms with Crippen LogP contribution in [0.5, 0.6) is 5.75 Å². The molecule has 0 bridgehead atoms. The second-order valence-electron chi connectivity index (χ2n) is 3.84. The summed E-state index contributed by atoms with van der Waals surface area (Å²) in [4.78, 5) is 15.9. The van der Waals surface area contributed by atoms with E-state index >= 15 is 0 Å². The van der Waals surface area contributed by atoms with Gasteiger partial charge in [0.1, 0.15) is 10.4 Å². The van der Waals surface area contributed by atoms with Crippen molar-refractivity contribution in [3.8, 4) is 5.75 Å². The first-order chi connectivity index (χ1) is 8.56. The zero-order valence-electron chi connectivity index (χ0n) is 9.64. The Balaban J connectivity index is 2.21. The number of pyridine rings is 1. The van der Waals surface area contributed by atoms with Gasteiger partial charge in [0, 0.05) is 6.20 Å². The third-order valence-corrected chi connectivity index (χ3v) is 2.86. The maximum Gasteiger partial charge on any atom is 0.257 e. The van der Waals surface area contributed by atoms with E-state index in [-0.39, 0.29) is 11.7 Å². The van der Waals surface area contributed by atoms with Gasteiger partial charge < -0.3 is 10.4 Å². The molecule has 0 atom stereocenters. The van der Waals surface area contributed by atoms with Crippen molar-refractivity contribution in [2.75, 3.05) is 5.32 Å². The molecule has 0 spiro atoms. The quantitative estimate of drug-likeness (QED) is 0.662. The summed E-state index contributed by atoms with van der Waals surface area (Å²) in [5, 5.41) is 12.3. The lowest BCUT2D eigenvalue weighted by Crippen LogP contribution is -2.12. The smallest absolute Gasteiger partial charge is 0.257 e. The van der Waals surface area contributed by atoms with Gasteiger partial charge in [0.2, 0.25) is 0 Å². The van der Waals surface area contributed by atoms with E-state index in [2.05, 4.69) is 26.2 Å². The first-order valence-corrected chi connectivity index (χ1v) is 6.08. The zero-order valence-corrected chi connectivity index (χ0v) is 11.2. The van der Waals surface area contributed by atoms with Crippen LogP contribution in [0.3, 0.4) is 0 Å². The van der Waals surface area contributed by atoms with Gasteiger partial charge in [-0.2, -0.15) is 0 Å². The van der Waals surface area contributed by atoms with Crippen LogP contribution in [0.1, 0.15) is 15.9 Å². The predicted octanol–water partition coefficient (Wildman–Crippen LogP) is 3.11. The third kappa shape index (κ3) is 2.87. The van der Waals surface area contributed by atoms with Crippen LogP contribution in [-0.2, 0) is 0 Å². The second kappa shape index (κ2) is 5.18. The summed E-state index contributed by atoms with van der Waals surface area (Å²) in [6.45, 7) is 1.89. The van der Waals surface area contributed by atoms with Crippen molar-refractivity contribution >= 4 is 27.5 Å². The molecule has 2 rings (SSSR count). The molecule has 0 aliphatic rings. The summed E-state index contributed by atoms with van der Waals surface area (Å²) >= 11 is 3.20. The monoisotopic (exact) mass is 306 g/mol. The number of benzene rings is 1. The first-order valence-electron chi connectivity index (χ1n) is 5.29. The second-order valence-corrected chi connectivity index (χ2v) is 4.66. The van der Waals surface area contributed by atoms with Gasteiger partial charge in [-0.1, -0.05) is 6.07 Å². The first kappa shape index (κ1) is 12.6. The molecule has 0 unspecified atom stereocenters. The SMILES string of the molecule is Cc1ccc(O)c(NC(=O)c2ccc(Br)nc2)c1. The van der Waals surface area contributed by atoms with Crippen LogP contribution in [0.15, 0.2) is 41.1 Å². The number of phenols is 1. The van der Waals surface area contributed by atoms with Crippen LogP contribution in [-0.4, -0.2) is 16.0 Å². The highest BCUT2D eigenvalue weighted by atomic mass is 79.9. The Labute approximate surface area is 113 Å². The number of carbonyl (C=O) groups excluding carboxylic acids is 1. The van der Waals surface area contributed by atoms with Crippen LogP contribution in [0, 0.1) is 6.92 Å². The fourth-order valence-corrected chi connectivity index (χ4v) is 1.69. The van der Waals surface area contributed by atoms with Crippen molar-refractivity contribution in [1.82, 2.24) is 4.98 Å². The highest BCUT2D eigenvalue weighted by Gasteiger charge is 2.09. The molecule has 5 heteroatoms. The number of hydrogen-bond acceptors (Lipinski definition) is 3. The van der Waals surface area contributed by atoms with E-state index < -0.39 is 0 Å². The number of hydrogen-bond donors (Lipinski definition) is 2. The van der Waals surface area contributed by atoms with Gasteiger partial charge in [-0.05, 0) is 52.7 Å². The topological polar surface area (TPSA) is 62.2 Å². The lowest BCUT2D eigenvalue weighted by molar-refractivity contribution is 0.102. The van der Waals surface area contributed by atoms with Gasteiger partial charge in [0.05, 0.1) is 11.3 Å². The van der Waals surface area contributed by atoms with E-state index in [1.165, 1.54) is 6.20 Å². The molecule has 2 aromatic rings. The number of nitrogens with one attached hydrogen (secondary N) is 1. The fraction of sp³-hybridized carbons (Fsp3) is 0.0769. The summed E-state index contributed by atoms with van der Waals surface area (Å²) in [5.74, 6) is -0.269. The van der Waals surface area contributed by atoms with E-state index in [1.807, 2.05) is 6.92 Å². The zero-order chi connectivity index (χ0) is 13.1. The molecule has 0 aliphatic carbocycles. The minimum atomic E-state index is -0.309. The number of nitrogens with zero attached hydrogens (tertiary/aromatic N) is 1. The number of aromatic nitrogens is 1. The van der Waals surface area contributed by atoms with E-state index in [1.54, 1.807) is 30.3 Å². The van der Waals surface area contributed by atoms with E-state index in [4.69, 9.17) is 0 Å². The number of anilines is 1. The molecule has 1 aromatic carbocycles. The molecular formula is C13H11BrN2O2. The highest BCUT2D eigenvalue weighted by molar-refractivity contribution is 9.10. The van der Waals surface area contributed by atoms with Crippen LogP contribution >= 0.6 is 15.9 Å². The molecule has 1 amide bonds. The average molecular weight is 307 g/mol. The van der Waals surface area contributed by atoms with E-state index in [9.17, 15) is 9.90 Å². The van der Waals surface area contributed by atoms with Crippen LogP contribution in [0.2, 0.25) is 0 Å². The minimum absolute atomic E-state index is 0.0408. The van der Waals surface area contributed by atoms with Gasteiger partial charge >= 0.3 is 0 Å². The Morgan fingerprint density at radius 3 is 2.78 bits per heavy atom. The number of aryl methyl sites for hydroxylation is 1. The Morgan fingerprint density at radius 2 is 2.11 bits per heavy atom. The average Bonchev–Trinajstić information content (AvgIpc) is 2.34. The number of aromatic hydroxyl groups is 1. The lowest BCUT2D eigenvalue weighted by atomic mass is 10.2. The summed E-state index contributed by atoms with van der Waals surface area (Å²) in [7, 11) is 0. The van der Waals surface area contributed by atoms with Gasteiger partial charge in [-0.15, -0.1) is 0 Å². The van der Waals surface area contributed by atoms with Gasteiger partial charge in [0.25, 0.3) is 5.91 Å². The summed E-state index contributed by atoms with van der Waals surface area (Å²) in [6.07, 6.45) is 1.46. The van der Waals surface area contributed by atoms with Gasteiger partial charge in [0.15, 0.2) is 0 Å². The maximum atomic E-state index is 11.9. The number of carbonyl (C=O) groups is 1. The Morgan fingerprint density at radius 1 is 1.33 bits per heavy atom. The molecule has 18 heavy (non-hydrogen) atoms. The molecule has 92 valence electrons. The highest BCUT2D eigenvalue weighted by Crippen LogP contribution is 2.24. The molecule has 2 N–H and O–H groups in total. The van der Waals surface area contributed by atoms with Crippen molar-refractivity contribution in [3.05, 3.63) is 52.3 Å². The fourth-order valence-electron chi connectivity index (χ4n) is 1.45. The van der Waals surface area contributed by atoms with E-state index in [0.717, 1.165) is 5.56 Å². The van der Waals surface area contributed by atoms with Crippen molar-refractivity contribution < 1.29 is 9.90 Å². The van der Waals surface area contributed by atoms with Crippen molar-refractivity contribution in [1.29, 1.82) is 0 Å². The van der Waals surface area contributed by atoms with Gasteiger partial charge in [-0.3, -0.25) is 4.79 Å². The molecule has 0 fully saturated rings. The van der Waals surface area contributed by atoms with Crippen molar-refractivity contribution in [2.24, 2.45) is 0 Å². The maximum absolute atomic E-state index is 11.9. The largest absolute Gasteiger partial charge is 0.506 e. The van der Waals surface area contributed by atoms with Crippen LogP contribution < -0.4 is 5.32 Å². The Hall–Kier alpha value is -1.88. The molecular weight excluding hydrogens is 296 g/mol. The number of amides is 1. The summed E-state index contributed by atoms with van der Waals surface area (Å²) < 4.78 is 0.664. The molecule has 0 saturated heterocycles. The molecule has 0 saturated carbocycles. The standard InChI is InChI=1S/C13H11BrN2O2/c1-8-2-4-11(17)10(6-8)16-13(18)9-3-5-12(14)15-7-9/h2-7,17H,1H3,(H,16,18). The minimum Gasteiger partial charge on any atom is -0.506 e. The van der Waals surface area contributed by atoms with Gasteiger partial charge in [-0.25, -0.2) is 4.98 Å². The van der Waals surface area contributed by atoms with E-state index in [0.29, 0.717) is 15.9 Å². The number of phenolic OH excluding ortho intramolecular Hbond substituents is 1. The number of rotatable bonds is 2. The molecule has 0 aliphatic heterocycles. The summed E-state index contributed by atoms with van der Waals surface area (Å²) in [6, 6.07) is 8.36. The van der Waals surface area contributed by atoms with Crippen LogP contribution in [0.4, 0.5) is 5.69 Å². The normalized spacial score (nSPS) is 10.1. The molecule has 4 nitrogen and oxygen atoms in total. The van der Waals surface area contributed by atoms with Crippen molar-refractivity contribution in [3.63, 3.8) is 0 Å². The Kier molecular flexibility index (Phi) is 3.62. The van der Waals surface area contributed by atoms with Crippen LogP contribution in [0.25, 0.3) is 0 Å².